The highest BCUT2D eigenvalue weighted by Crippen LogP contribution is 2.34. The average Bonchev–Trinajstić information content (AvgIpc) is 2.71. The summed E-state index contributed by atoms with van der Waals surface area (Å²) < 4.78 is 0. The van der Waals surface area contributed by atoms with Crippen LogP contribution in [0.15, 0.2) is 0 Å². The van der Waals surface area contributed by atoms with Gasteiger partial charge in [-0.1, -0.05) is 38.5 Å². The van der Waals surface area contributed by atoms with E-state index in [1.54, 1.807) is 0 Å². The van der Waals surface area contributed by atoms with Crippen molar-refractivity contribution in [3.63, 3.8) is 0 Å². The predicted octanol–water partition coefficient (Wildman–Crippen LogP) is 3.59. The molecular formula is C9H17Cl. The van der Waals surface area contributed by atoms with Crippen molar-refractivity contribution in [3.8, 4) is 0 Å². The predicted molar refractivity (Wildman–Crippen MR) is 46.5 cm³/mol. The van der Waals surface area contributed by atoms with Crippen LogP contribution in [0, 0.1) is 5.92 Å². The Labute approximate surface area is 69.0 Å². The molecule has 0 bridgehead atoms. The van der Waals surface area contributed by atoms with Gasteiger partial charge in [0.1, 0.15) is 0 Å². The fraction of sp³-hybridized carbons (Fsp3) is 1.00. The van der Waals surface area contributed by atoms with Crippen LogP contribution in [0.3, 0.4) is 0 Å². The maximum Gasteiger partial charge on any atom is 0.0223 e. The van der Waals surface area contributed by atoms with E-state index in [2.05, 4.69) is 0 Å². The van der Waals surface area contributed by atoms with E-state index in [-0.39, 0.29) is 0 Å². The molecule has 1 heteroatoms. The van der Waals surface area contributed by atoms with Gasteiger partial charge >= 0.3 is 0 Å². The topological polar surface area (TPSA) is 0 Å². The summed E-state index contributed by atoms with van der Waals surface area (Å²) in [5, 5.41) is 0. The van der Waals surface area contributed by atoms with Crippen LogP contribution < -0.4 is 0 Å². The standard InChI is InChI=1S/C9H17Cl/c10-8-4-2-1-3-5-9-6-7-9/h9H,1-8H2. The van der Waals surface area contributed by atoms with Crippen LogP contribution in [0.5, 0.6) is 0 Å². The molecule has 1 aliphatic carbocycles. The second-order valence-corrected chi connectivity index (χ2v) is 3.71. The van der Waals surface area contributed by atoms with Crippen LogP contribution in [0.25, 0.3) is 0 Å². The molecule has 0 aromatic rings. The van der Waals surface area contributed by atoms with Crippen molar-refractivity contribution in [1.29, 1.82) is 0 Å². The Morgan fingerprint density at radius 2 is 1.70 bits per heavy atom. The smallest absolute Gasteiger partial charge is 0.0223 e. The second kappa shape index (κ2) is 5.01. The van der Waals surface area contributed by atoms with E-state index in [0.29, 0.717) is 0 Å². The van der Waals surface area contributed by atoms with Gasteiger partial charge in [0.05, 0.1) is 0 Å². The molecule has 1 fully saturated rings. The minimum absolute atomic E-state index is 0.851. The minimum Gasteiger partial charge on any atom is -0.127 e. The number of hydrogen-bond acceptors (Lipinski definition) is 0. The number of alkyl halides is 1. The molecule has 0 heterocycles. The average molecular weight is 161 g/mol. The Balaban J connectivity index is 1.68. The van der Waals surface area contributed by atoms with Gasteiger partial charge in [0.25, 0.3) is 0 Å². The molecule has 0 aliphatic heterocycles. The minimum atomic E-state index is 0.851. The zero-order valence-corrected chi connectivity index (χ0v) is 7.37. The fourth-order valence-electron chi connectivity index (χ4n) is 1.29. The van der Waals surface area contributed by atoms with Crippen molar-refractivity contribution < 1.29 is 0 Å². The van der Waals surface area contributed by atoms with Crippen LogP contribution in [-0.2, 0) is 0 Å². The molecule has 0 saturated heterocycles. The van der Waals surface area contributed by atoms with Gasteiger partial charge in [-0.2, -0.15) is 0 Å². The first-order valence-electron chi connectivity index (χ1n) is 4.49. The molecule has 0 aromatic carbocycles. The lowest BCUT2D eigenvalue weighted by Crippen LogP contribution is -1.80. The maximum atomic E-state index is 5.56. The maximum absolute atomic E-state index is 5.56. The summed E-state index contributed by atoms with van der Waals surface area (Å²) in [6, 6.07) is 0. The number of halogens is 1. The largest absolute Gasteiger partial charge is 0.127 e. The number of rotatable bonds is 6. The van der Waals surface area contributed by atoms with Gasteiger partial charge in [-0.15, -0.1) is 11.6 Å². The zero-order chi connectivity index (χ0) is 7.23. The first-order chi connectivity index (χ1) is 4.93. The van der Waals surface area contributed by atoms with Crippen LogP contribution in [-0.4, -0.2) is 5.88 Å². The summed E-state index contributed by atoms with van der Waals surface area (Å²) in [6.07, 6.45) is 9.92. The van der Waals surface area contributed by atoms with Gasteiger partial charge < -0.3 is 0 Å². The summed E-state index contributed by atoms with van der Waals surface area (Å²) in [7, 11) is 0. The first-order valence-corrected chi connectivity index (χ1v) is 5.03. The Hall–Kier alpha value is 0.290. The Bertz CT molecular complexity index is 76.8. The number of unbranched alkanes of at least 4 members (excludes halogenated alkanes) is 3. The highest BCUT2D eigenvalue weighted by molar-refractivity contribution is 6.17. The van der Waals surface area contributed by atoms with Gasteiger partial charge in [0, 0.05) is 5.88 Å². The van der Waals surface area contributed by atoms with E-state index >= 15 is 0 Å². The molecule has 0 radical (unpaired) electrons. The van der Waals surface area contributed by atoms with Crippen LogP contribution in [0.4, 0.5) is 0 Å². The van der Waals surface area contributed by atoms with Crippen molar-refractivity contribution >= 4 is 11.6 Å². The summed E-state index contributed by atoms with van der Waals surface area (Å²) in [5.41, 5.74) is 0. The molecule has 0 spiro atoms. The third-order valence-electron chi connectivity index (χ3n) is 2.19. The van der Waals surface area contributed by atoms with E-state index in [0.717, 1.165) is 11.8 Å². The molecule has 0 aromatic heterocycles. The molecule has 0 nitrogen and oxygen atoms in total. The summed E-state index contributed by atoms with van der Waals surface area (Å²) in [6.45, 7) is 0. The van der Waals surface area contributed by atoms with Gasteiger partial charge in [0.15, 0.2) is 0 Å². The molecule has 0 amide bonds. The SMILES string of the molecule is ClCCCCCCC1CC1. The summed E-state index contributed by atoms with van der Waals surface area (Å²) in [5.74, 6) is 1.97. The lowest BCUT2D eigenvalue weighted by Gasteiger charge is -1.96. The third kappa shape index (κ3) is 4.16. The van der Waals surface area contributed by atoms with Crippen molar-refractivity contribution in [2.75, 3.05) is 5.88 Å². The van der Waals surface area contributed by atoms with E-state index in [4.69, 9.17) is 11.6 Å². The Morgan fingerprint density at radius 3 is 2.30 bits per heavy atom. The third-order valence-corrected chi connectivity index (χ3v) is 2.46. The van der Waals surface area contributed by atoms with Crippen LogP contribution >= 0.6 is 11.6 Å². The second-order valence-electron chi connectivity index (χ2n) is 3.34. The van der Waals surface area contributed by atoms with E-state index in [1.807, 2.05) is 0 Å². The van der Waals surface area contributed by atoms with Gasteiger partial charge in [0.2, 0.25) is 0 Å². The highest BCUT2D eigenvalue weighted by atomic mass is 35.5. The highest BCUT2D eigenvalue weighted by Gasteiger charge is 2.19. The van der Waals surface area contributed by atoms with Gasteiger partial charge in [-0.3, -0.25) is 0 Å². The molecule has 60 valence electrons. The van der Waals surface area contributed by atoms with Crippen molar-refractivity contribution in [2.24, 2.45) is 5.92 Å². The lowest BCUT2D eigenvalue weighted by molar-refractivity contribution is 0.598. The summed E-state index contributed by atoms with van der Waals surface area (Å²) >= 11 is 5.56. The molecule has 10 heavy (non-hydrogen) atoms. The zero-order valence-electron chi connectivity index (χ0n) is 6.61. The Kier molecular flexibility index (Phi) is 4.20. The monoisotopic (exact) mass is 160 g/mol. The lowest BCUT2D eigenvalue weighted by atomic mass is 10.1. The fourth-order valence-corrected chi connectivity index (χ4v) is 1.48. The van der Waals surface area contributed by atoms with Crippen molar-refractivity contribution in [3.05, 3.63) is 0 Å². The normalized spacial score (nSPS) is 17.7. The summed E-state index contributed by atoms with van der Waals surface area (Å²) in [4.78, 5) is 0. The molecule has 1 rings (SSSR count). The van der Waals surface area contributed by atoms with Gasteiger partial charge in [-0.25, -0.2) is 0 Å². The quantitative estimate of drug-likeness (QED) is 0.412. The van der Waals surface area contributed by atoms with Crippen LogP contribution in [0.1, 0.15) is 44.9 Å². The molecular weight excluding hydrogens is 144 g/mol. The Morgan fingerprint density at radius 1 is 1.00 bits per heavy atom. The molecule has 0 unspecified atom stereocenters. The van der Waals surface area contributed by atoms with Gasteiger partial charge in [-0.05, 0) is 12.3 Å². The molecule has 1 aliphatic rings. The number of hydrogen-bond donors (Lipinski definition) is 0. The molecule has 0 atom stereocenters. The van der Waals surface area contributed by atoms with Crippen molar-refractivity contribution in [2.45, 2.75) is 44.9 Å². The van der Waals surface area contributed by atoms with E-state index in [9.17, 15) is 0 Å². The molecule has 1 saturated carbocycles. The van der Waals surface area contributed by atoms with Crippen LogP contribution in [0.2, 0.25) is 0 Å². The van der Waals surface area contributed by atoms with Crippen molar-refractivity contribution in [1.82, 2.24) is 0 Å². The first kappa shape index (κ1) is 8.39. The van der Waals surface area contributed by atoms with E-state index < -0.39 is 0 Å². The molecule has 0 N–H and O–H groups in total. The van der Waals surface area contributed by atoms with E-state index in [1.165, 1.54) is 44.9 Å².